The summed E-state index contributed by atoms with van der Waals surface area (Å²) >= 11 is 0. The molecule has 4 aromatic rings. The zero-order valence-electron chi connectivity index (χ0n) is 22.4. The fraction of sp³-hybridized carbons (Fsp3) is 0.433. The van der Waals surface area contributed by atoms with Crippen LogP contribution in [0.3, 0.4) is 0 Å². The average Bonchev–Trinajstić information content (AvgIpc) is 3.42. The van der Waals surface area contributed by atoms with Crippen LogP contribution in [0.4, 0.5) is 5.82 Å². The Labute approximate surface area is 228 Å². The number of piperidine rings is 1. The summed E-state index contributed by atoms with van der Waals surface area (Å²) in [6.07, 6.45) is 10.4. The normalized spacial score (nSPS) is 26.2. The number of nitrogens with zero attached hydrogens (tertiary/aromatic N) is 6. The summed E-state index contributed by atoms with van der Waals surface area (Å²) in [6, 6.07) is 13.5. The minimum Gasteiger partial charge on any atom is -0.492 e. The minimum atomic E-state index is -0.542. The second-order valence-corrected chi connectivity index (χ2v) is 11.6. The van der Waals surface area contributed by atoms with Gasteiger partial charge in [-0.1, -0.05) is 6.07 Å². The molecule has 39 heavy (non-hydrogen) atoms. The van der Waals surface area contributed by atoms with Crippen LogP contribution in [0.2, 0.25) is 0 Å². The summed E-state index contributed by atoms with van der Waals surface area (Å²) in [4.78, 5) is 14.2. The van der Waals surface area contributed by atoms with E-state index in [1.807, 2.05) is 42.2 Å². The van der Waals surface area contributed by atoms with Gasteiger partial charge in [0.2, 0.25) is 5.88 Å². The third kappa shape index (κ3) is 4.70. The first-order chi connectivity index (χ1) is 18.9. The average molecular weight is 527 g/mol. The Bertz CT molecular complexity index is 1450. The number of methoxy groups -OCH3 is 1. The standard InChI is InChI=1S/C30H34N6O3/c1-30(37)11-21(12-30)19-39-25-10-26(27-7-8-33-36(27)18-25)22-4-5-28(31-14-22)34-16-23-9-24(17-34)35(23)15-20-3-6-29(38-2)32-13-20/h3-8,10,13-14,18,21,23-24,37H,9,11-12,15-17,19H2,1-2H3. The molecule has 9 heteroatoms. The highest BCUT2D eigenvalue weighted by atomic mass is 16.5. The van der Waals surface area contributed by atoms with E-state index in [0.717, 1.165) is 60.7 Å². The van der Waals surface area contributed by atoms with Gasteiger partial charge in [-0.05, 0) is 61.9 Å². The summed E-state index contributed by atoms with van der Waals surface area (Å²) in [5.41, 5.74) is 3.78. The van der Waals surface area contributed by atoms with Gasteiger partial charge < -0.3 is 19.5 Å². The van der Waals surface area contributed by atoms with Gasteiger partial charge in [-0.3, -0.25) is 4.90 Å². The van der Waals surface area contributed by atoms with Crippen molar-refractivity contribution in [2.45, 2.75) is 50.4 Å². The fourth-order valence-corrected chi connectivity index (χ4v) is 6.53. The highest BCUT2D eigenvalue weighted by Gasteiger charge is 2.44. The van der Waals surface area contributed by atoms with E-state index in [1.165, 1.54) is 12.0 Å². The Morgan fingerprint density at radius 3 is 2.59 bits per heavy atom. The number of piperazine rings is 1. The first-order valence-corrected chi connectivity index (χ1v) is 13.7. The second-order valence-electron chi connectivity index (χ2n) is 11.6. The Kier molecular flexibility index (Phi) is 5.93. The molecule has 1 N–H and O–H groups in total. The molecule has 1 saturated carbocycles. The molecule has 0 amide bonds. The Hall–Kier alpha value is -3.69. The molecule has 0 spiro atoms. The predicted molar refractivity (Wildman–Crippen MR) is 148 cm³/mol. The molecule has 8 rings (SSSR count). The van der Waals surface area contributed by atoms with Gasteiger partial charge in [0.1, 0.15) is 11.6 Å². The van der Waals surface area contributed by atoms with Gasteiger partial charge in [0.15, 0.2) is 0 Å². The van der Waals surface area contributed by atoms with Crippen LogP contribution in [0.25, 0.3) is 16.6 Å². The summed E-state index contributed by atoms with van der Waals surface area (Å²) in [5.74, 6) is 2.84. The molecule has 3 aliphatic heterocycles. The topological polar surface area (TPSA) is 88.2 Å². The van der Waals surface area contributed by atoms with Crippen LogP contribution in [0.15, 0.2) is 61.2 Å². The van der Waals surface area contributed by atoms with Crippen molar-refractivity contribution in [1.29, 1.82) is 0 Å². The lowest BCUT2D eigenvalue weighted by molar-refractivity contribution is -0.0690. The Balaban J connectivity index is 1.03. The quantitative estimate of drug-likeness (QED) is 0.371. The monoisotopic (exact) mass is 526 g/mol. The fourth-order valence-electron chi connectivity index (χ4n) is 6.53. The van der Waals surface area contributed by atoms with E-state index >= 15 is 0 Å². The van der Waals surface area contributed by atoms with Gasteiger partial charge in [0.25, 0.3) is 0 Å². The molecule has 0 radical (unpaired) electrons. The van der Waals surface area contributed by atoms with Gasteiger partial charge >= 0.3 is 0 Å². The van der Waals surface area contributed by atoms with E-state index in [0.29, 0.717) is 30.5 Å². The van der Waals surface area contributed by atoms with Crippen molar-refractivity contribution in [1.82, 2.24) is 24.5 Å². The summed E-state index contributed by atoms with van der Waals surface area (Å²) in [6.45, 7) is 5.37. The highest BCUT2D eigenvalue weighted by molar-refractivity contribution is 5.81. The molecule has 7 heterocycles. The number of fused-ring (bicyclic) bond motifs is 3. The minimum absolute atomic E-state index is 0.386. The van der Waals surface area contributed by atoms with Crippen molar-refractivity contribution < 1.29 is 14.6 Å². The highest BCUT2D eigenvalue weighted by Crippen LogP contribution is 2.38. The van der Waals surface area contributed by atoms with Crippen LogP contribution in [0.5, 0.6) is 11.6 Å². The maximum atomic E-state index is 10.0. The van der Waals surface area contributed by atoms with Crippen LogP contribution in [-0.4, -0.2) is 74.1 Å². The first-order valence-electron chi connectivity index (χ1n) is 13.7. The Morgan fingerprint density at radius 2 is 1.90 bits per heavy atom. The van der Waals surface area contributed by atoms with Crippen LogP contribution in [0.1, 0.15) is 31.7 Å². The molecule has 9 nitrogen and oxygen atoms in total. The molecular weight excluding hydrogens is 492 g/mol. The van der Waals surface area contributed by atoms with E-state index in [-0.39, 0.29) is 0 Å². The Morgan fingerprint density at radius 1 is 1.05 bits per heavy atom. The molecule has 4 fully saturated rings. The SMILES string of the molecule is COc1ccc(CN2C3CC2CN(c2ccc(-c4cc(OCC5CC(C)(O)C5)cn5nccc45)cn2)C3)cn1. The van der Waals surface area contributed by atoms with E-state index in [2.05, 4.69) is 44.1 Å². The number of aromatic nitrogens is 4. The molecule has 0 aromatic carbocycles. The number of pyridine rings is 3. The largest absolute Gasteiger partial charge is 0.492 e. The number of anilines is 1. The third-order valence-electron chi connectivity index (χ3n) is 8.52. The predicted octanol–water partition coefficient (Wildman–Crippen LogP) is 3.80. The number of aliphatic hydroxyl groups is 1. The van der Waals surface area contributed by atoms with Crippen LogP contribution >= 0.6 is 0 Å². The van der Waals surface area contributed by atoms with Crippen molar-refractivity contribution in [3.05, 3.63) is 66.7 Å². The van der Waals surface area contributed by atoms with Gasteiger partial charge in [0.05, 0.1) is 37.2 Å². The van der Waals surface area contributed by atoms with E-state index in [1.54, 1.807) is 13.3 Å². The number of hydrogen-bond acceptors (Lipinski definition) is 8. The molecular formula is C30H34N6O3. The van der Waals surface area contributed by atoms with Crippen molar-refractivity contribution >= 4 is 11.3 Å². The van der Waals surface area contributed by atoms with Crippen molar-refractivity contribution in [3.63, 3.8) is 0 Å². The molecule has 2 bridgehead atoms. The smallest absolute Gasteiger partial charge is 0.212 e. The molecule has 2 unspecified atom stereocenters. The molecule has 4 aromatic heterocycles. The number of hydrogen-bond donors (Lipinski definition) is 1. The number of rotatable bonds is 8. The van der Waals surface area contributed by atoms with Crippen molar-refractivity contribution in [3.8, 4) is 22.8 Å². The third-order valence-corrected chi connectivity index (χ3v) is 8.52. The zero-order chi connectivity index (χ0) is 26.6. The lowest BCUT2D eigenvalue weighted by Gasteiger charge is -2.56. The molecule has 1 aliphatic carbocycles. The maximum Gasteiger partial charge on any atom is 0.212 e. The lowest BCUT2D eigenvalue weighted by atomic mass is 9.73. The van der Waals surface area contributed by atoms with Crippen molar-refractivity contribution in [2.75, 3.05) is 31.7 Å². The van der Waals surface area contributed by atoms with E-state index in [4.69, 9.17) is 14.5 Å². The number of ether oxygens (including phenoxy) is 2. The maximum absolute atomic E-state index is 10.0. The van der Waals surface area contributed by atoms with Gasteiger partial charge in [0, 0.05) is 61.3 Å². The van der Waals surface area contributed by atoms with Crippen molar-refractivity contribution in [2.24, 2.45) is 5.92 Å². The summed E-state index contributed by atoms with van der Waals surface area (Å²) in [5, 5.41) is 14.5. The molecule has 4 aliphatic rings. The van der Waals surface area contributed by atoms with Crippen LogP contribution in [0, 0.1) is 5.92 Å². The lowest BCUT2D eigenvalue weighted by Crippen LogP contribution is -2.68. The van der Waals surface area contributed by atoms with Gasteiger partial charge in [-0.2, -0.15) is 5.10 Å². The van der Waals surface area contributed by atoms with Gasteiger partial charge in [-0.25, -0.2) is 14.5 Å². The van der Waals surface area contributed by atoms with Crippen LogP contribution in [-0.2, 0) is 6.54 Å². The first kappa shape index (κ1) is 24.4. The van der Waals surface area contributed by atoms with E-state index in [9.17, 15) is 5.11 Å². The van der Waals surface area contributed by atoms with Crippen LogP contribution < -0.4 is 14.4 Å². The summed E-state index contributed by atoms with van der Waals surface area (Å²) in [7, 11) is 1.64. The second kappa shape index (κ2) is 9.50. The molecule has 3 saturated heterocycles. The zero-order valence-corrected chi connectivity index (χ0v) is 22.4. The summed E-state index contributed by atoms with van der Waals surface area (Å²) < 4.78 is 13.2. The molecule has 2 atom stereocenters. The van der Waals surface area contributed by atoms with Gasteiger partial charge in [-0.15, -0.1) is 0 Å². The van der Waals surface area contributed by atoms with E-state index < -0.39 is 5.60 Å². The molecule has 202 valence electrons.